The molecule has 1 atom stereocenters. The van der Waals surface area contributed by atoms with Crippen molar-refractivity contribution in [3.8, 4) is 0 Å². The first-order valence-electron chi connectivity index (χ1n) is 3.68. The quantitative estimate of drug-likeness (QED) is 0.551. The molecule has 0 aliphatic rings. The largest absolute Gasteiger partial charge is 0.385 e. The molecule has 1 rings (SSSR count). The molecule has 1 aromatic heterocycles. The summed E-state index contributed by atoms with van der Waals surface area (Å²) in [6, 6.07) is 3.97. The second kappa shape index (κ2) is 4.23. The minimum atomic E-state index is -0.285. The fourth-order valence-electron chi connectivity index (χ4n) is 0.692. The zero-order valence-corrected chi connectivity index (χ0v) is 7.73. The first kappa shape index (κ1) is 9.22. The molecule has 66 valence electrons. The highest BCUT2D eigenvalue weighted by atomic mass is 32.1. The number of nitrogens with two attached hydrogens (primary N) is 1. The highest BCUT2D eigenvalue weighted by Crippen LogP contribution is 2.10. The lowest BCUT2D eigenvalue weighted by Crippen LogP contribution is -2.27. The van der Waals surface area contributed by atoms with E-state index < -0.39 is 0 Å². The van der Waals surface area contributed by atoms with Gasteiger partial charge in [-0.15, -0.1) is 11.3 Å². The average molecular weight is 184 g/mol. The maximum Gasteiger partial charge on any atom is 0.120 e. The van der Waals surface area contributed by atoms with Gasteiger partial charge in [-0.25, -0.2) is 0 Å². The van der Waals surface area contributed by atoms with Gasteiger partial charge < -0.3 is 10.5 Å². The van der Waals surface area contributed by atoms with Crippen LogP contribution < -0.4 is 5.73 Å². The number of ether oxygens (including phenoxy) is 1. The Morgan fingerprint density at radius 3 is 3.08 bits per heavy atom. The second-order valence-electron chi connectivity index (χ2n) is 2.49. The van der Waals surface area contributed by atoms with E-state index in [0.29, 0.717) is 6.61 Å². The van der Waals surface area contributed by atoms with E-state index in [4.69, 9.17) is 15.9 Å². The van der Waals surface area contributed by atoms with Gasteiger partial charge in [-0.05, 0) is 18.4 Å². The summed E-state index contributed by atoms with van der Waals surface area (Å²) in [6.45, 7) is 2.31. The van der Waals surface area contributed by atoms with Crippen LogP contribution in [0.15, 0.2) is 17.5 Å². The van der Waals surface area contributed by atoms with E-state index in [1.807, 2.05) is 17.5 Å². The predicted octanol–water partition coefficient (Wildman–Crippen LogP) is 1.59. The molecule has 0 fully saturated rings. The van der Waals surface area contributed by atoms with Crippen molar-refractivity contribution in [2.75, 3.05) is 0 Å². The average Bonchev–Trinajstić information content (AvgIpc) is 2.51. The van der Waals surface area contributed by atoms with Crippen molar-refractivity contribution < 1.29 is 4.74 Å². The summed E-state index contributed by atoms with van der Waals surface area (Å²) in [4.78, 5) is 1.16. The molecule has 3 nitrogen and oxygen atoms in total. The van der Waals surface area contributed by atoms with Crippen LogP contribution in [0.3, 0.4) is 0 Å². The number of hydrogen-bond acceptors (Lipinski definition) is 3. The third kappa shape index (κ3) is 2.64. The van der Waals surface area contributed by atoms with E-state index in [1.54, 1.807) is 18.3 Å². The maximum atomic E-state index is 7.09. The van der Waals surface area contributed by atoms with Crippen molar-refractivity contribution in [2.45, 2.75) is 19.6 Å². The Morgan fingerprint density at radius 1 is 1.83 bits per heavy atom. The standard InChI is InChI=1S/C8H12N2OS/c1-6(8(9)10)11-5-7-3-2-4-12-7/h2-4,6H,5H2,1H3,(H3,9,10). The summed E-state index contributed by atoms with van der Waals surface area (Å²) in [5, 5.41) is 9.08. The summed E-state index contributed by atoms with van der Waals surface area (Å²) in [6.07, 6.45) is -0.285. The van der Waals surface area contributed by atoms with Gasteiger partial charge in [0.05, 0.1) is 6.61 Å². The summed E-state index contributed by atoms with van der Waals surface area (Å²) in [5.74, 6) is 0.0755. The van der Waals surface area contributed by atoms with Crippen LogP contribution in [0.2, 0.25) is 0 Å². The molecular formula is C8H12N2OS. The fourth-order valence-corrected chi connectivity index (χ4v) is 1.32. The summed E-state index contributed by atoms with van der Waals surface area (Å²) in [7, 11) is 0. The highest BCUT2D eigenvalue weighted by molar-refractivity contribution is 7.09. The topological polar surface area (TPSA) is 59.1 Å². The van der Waals surface area contributed by atoms with Crippen molar-refractivity contribution in [2.24, 2.45) is 5.73 Å². The molecule has 0 aliphatic heterocycles. The van der Waals surface area contributed by atoms with Crippen LogP contribution in [0, 0.1) is 5.41 Å². The molecular weight excluding hydrogens is 172 g/mol. The van der Waals surface area contributed by atoms with Crippen molar-refractivity contribution in [1.29, 1.82) is 5.41 Å². The molecule has 0 spiro atoms. The molecule has 0 saturated heterocycles. The Hall–Kier alpha value is -0.870. The third-order valence-electron chi connectivity index (χ3n) is 1.49. The third-order valence-corrected chi connectivity index (χ3v) is 2.34. The number of rotatable bonds is 4. The van der Waals surface area contributed by atoms with E-state index in [9.17, 15) is 0 Å². The van der Waals surface area contributed by atoms with Crippen molar-refractivity contribution in [1.82, 2.24) is 0 Å². The van der Waals surface area contributed by atoms with Gasteiger partial charge in [-0.1, -0.05) is 6.07 Å². The normalized spacial score (nSPS) is 12.8. The Bertz CT molecular complexity index is 246. The molecule has 0 saturated carbocycles. The fraction of sp³-hybridized carbons (Fsp3) is 0.375. The molecule has 1 aromatic rings. The van der Waals surface area contributed by atoms with Crippen LogP contribution in [0.4, 0.5) is 0 Å². The van der Waals surface area contributed by atoms with E-state index in [2.05, 4.69) is 0 Å². The van der Waals surface area contributed by atoms with E-state index in [-0.39, 0.29) is 11.9 Å². The Morgan fingerprint density at radius 2 is 2.58 bits per heavy atom. The van der Waals surface area contributed by atoms with Gasteiger partial charge in [0, 0.05) is 4.88 Å². The summed E-state index contributed by atoms with van der Waals surface area (Å²) < 4.78 is 5.31. The second-order valence-corrected chi connectivity index (χ2v) is 3.52. The van der Waals surface area contributed by atoms with Crippen LogP contribution in [0.1, 0.15) is 11.8 Å². The van der Waals surface area contributed by atoms with Crippen molar-refractivity contribution in [3.63, 3.8) is 0 Å². The van der Waals surface area contributed by atoms with Crippen molar-refractivity contribution in [3.05, 3.63) is 22.4 Å². The Kier molecular flexibility index (Phi) is 3.25. The molecule has 3 N–H and O–H groups in total. The van der Waals surface area contributed by atoms with Gasteiger partial charge in [-0.3, -0.25) is 5.41 Å². The predicted molar refractivity (Wildman–Crippen MR) is 50.5 cm³/mol. The van der Waals surface area contributed by atoms with Gasteiger partial charge in [0.25, 0.3) is 0 Å². The number of amidine groups is 1. The molecule has 0 radical (unpaired) electrons. The van der Waals surface area contributed by atoms with Gasteiger partial charge in [0.1, 0.15) is 11.9 Å². The van der Waals surface area contributed by atoms with Crippen LogP contribution in [0.5, 0.6) is 0 Å². The van der Waals surface area contributed by atoms with E-state index >= 15 is 0 Å². The molecule has 1 heterocycles. The summed E-state index contributed by atoms with van der Waals surface area (Å²) >= 11 is 1.64. The molecule has 0 aliphatic carbocycles. The lowest BCUT2D eigenvalue weighted by atomic mass is 10.4. The van der Waals surface area contributed by atoms with Crippen LogP contribution in [0.25, 0.3) is 0 Å². The lowest BCUT2D eigenvalue weighted by molar-refractivity contribution is 0.0968. The first-order valence-corrected chi connectivity index (χ1v) is 4.56. The zero-order chi connectivity index (χ0) is 8.97. The monoisotopic (exact) mass is 184 g/mol. The molecule has 4 heteroatoms. The van der Waals surface area contributed by atoms with Gasteiger partial charge in [0.15, 0.2) is 0 Å². The minimum Gasteiger partial charge on any atom is -0.385 e. The van der Waals surface area contributed by atoms with Gasteiger partial charge in [0.2, 0.25) is 0 Å². The SMILES string of the molecule is CC(OCc1cccs1)C(=N)N. The maximum absolute atomic E-state index is 7.09. The van der Waals surface area contributed by atoms with Crippen LogP contribution in [-0.2, 0) is 11.3 Å². The molecule has 0 amide bonds. The smallest absolute Gasteiger partial charge is 0.120 e. The van der Waals surface area contributed by atoms with E-state index in [0.717, 1.165) is 4.88 Å². The lowest BCUT2D eigenvalue weighted by Gasteiger charge is -2.09. The van der Waals surface area contributed by atoms with Crippen LogP contribution >= 0.6 is 11.3 Å². The minimum absolute atomic E-state index is 0.0755. The first-order chi connectivity index (χ1) is 5.70. The van der Waals surface area contributed by atoms with Crippen LogP contribution in [-0.4, -0.2) is 11.9 Å². The zero-order valence-electron chi connectivity index (χ0n) is 6.91. The van der Waals surface area contributed by atoms with Crippen molar-refractivity contribution >= 4 is 17.2 Å². The molecule has 1 unspecified atom stereocenters. The Balaban J connectivity index is 2.31. The Labute approximate surface area is 75.7 Å². The summed E-state index contributed by atoms with van der Waals surface area (Å²) in [5.41, 5.74) is 5.24. The molecule has 12 heavy (non-hydrogen) atoms. The highest BCUT2D eigenvalue weighted by Gasteiger charge is 2.04. The molecule has 0 aromatic carbocycles. The molecule has 0 bridgehead atoms. The van der Waals surface area contributed by atoms with Gasteiger partial charge >= 0.3 is 0 Å². The number of thiophene rings is 1. The van der Waals surface area contributed by atoms with Gasteiger partial charge in [-0.2, -0.15) is 0 Å². The van der Waals surface area contributed by atoms with E-state index in [1.165, 1.54) is 0 Å². The number of nitrogens with one attached hydrogen (secondary N) is 1. The number of hydrogen-bond donors (Lipinski definition) is 2.